The second-order valence-corrected chi connectivity index (χ2v) is 7.68. The summed E-state index contributed by atoms with van der Waals surface area (Å²) in [4.78, 5) is 31.1. The van der Waals surface area contributed by atoms with Crippen LogP contribution in [0.4, 0.5) is 0 Å². The second kappa shape index (κ2) is 8.23. The number of benzene rings is 2. The van der Waals surface area contributed by atoms with Gasteiger partial charge in [-0.1, -0.05) is 24.3 Å². The molecule has 0 unspecified atom stereocenters. The minimum Gasteiger partial charge on any atom is -0.507 e. The smallest absolute Gasteiger partial charge is 0.337 e. The van der Waals surface area contributed by atoms with Crippen LogP contribution in [0.1, 0.15) is 43.6 Å². The Labute approximate surface area is 189 Å². The molecule has 1 amide bonds. The third kappa shape index (κ3) is 3.51. The van der Waals surface area contributed by atoms with Crippen LogP contribution >= 0.6 is 0 Å². The first-order chi connectivity index (χ1) is 16.1. The molecule has 0 saturated carbocycles. The summed E-state index contributed by atoms with van der Waals surface area (Å²) in [6.45, 7) is 0.355. The van der Waals surface area contributed by atoms with Crippen LogP contribution < -0.4 is 0 Å². The number of carbonyl (C=O) groups is 2. The van der Waals surface area contributed by atoms with Crippen LogP contribution in [0, 0.1) is 0 Å². The van der Waals surface area contributed by atoms with Crippen LogP contribution in [-0.2, 0) is 11.3 Å². The number of fused-ring (bicyclic) bond motifs is 1. The van der Waals surface area contributed by atoms with Gasteiger partial charge in [-0.2, -0.15) is 5.10 Å². The summed E-state index contributed by atoms with van der Waals surface area (Å²) in [5.41, 5.74) is 4.25. The Hall–Kier alpha value is -4.46. The van der Waals surface area contributed by atoms with E-state index < -0.39 is 12.0 Å². The second-order valence-electron chi connectivity index (χ2n) is 7.68. The Morgan fingerprint density at radius 2 is 1.82 bits per heavy atom. The van der Waals surface area contributed by atoms with Crippen LogP contribution in [0.5, 0.6) is 5.75 Å². The third-order valence-electron chi connectivity index (χ3n) is 5.77. The van der Waals surface area contributed by atoms with Crippen molar-refractivity contribution in [1.82, 2.24) is 20.1 Å². The lowest BCUT2D eigenvalue weighted by molar-refractivity contribution is 0.0600. The highest BCUT2D eigenvalue weighted by Crippen LogP contribution is 2.44. The fourth-order valence-corrected chi connectivity index (χ4v) is 4.19. The van der Waals surface area contributed by atoms with Crippen molar-refractivity contribution in [1.29, 1.82) is 0 Å². The van der Waals surface area contributed by atoms with Gasteiger partial charge in [0.1, 0.15) is 17.1 Å². The molecule has 0 spiro atoms. The molecule has 2 aromatic carbocycles. The number of aromatic hydroxyl groups is 1. The molecule has 0 aliphatic carbocycles. The fraction of sp³-hybridized carbons (Fsp3) is 0.120. The maximum atomic E-state index is 13.4. The predicted octanol–water partition coefficient (Wildman–Crippen LogP) is 3.71. The summed E-state index contributed by atoms with van der Waals surface area (Å²) in [5, 5.41) is 17.7. The minimum absolute atomic E-state index is 0.0756. The Balaban J connectivity index is 1.64. The largest absolute Gasteiger partial charge is 0.507 e. The molecule has 1 aliphatic heterocycles. The molecule has 164 valence electrons. The van der Waals surface area contributed by atoms with E-state index in [-0.39, 0.29) is 11.7 Å². The molecular weight excluding hydrogens is 420 g/mol. The highest BCUT2D eigenvalue weighted by Gasteiger charge is 2.42. The first kappa shape index (κ1) is 20.4. The van der Waals surface area contributed by atoms with E-state index in [0.29, 0.717) is 34.6 Å². The monoisotopic (exact) mass is 440 g/mol. The highest BCUT2D eigenvalue weighted by molar-refractivity contribution is 6.00. The Morgan fingerprint density at radius 3 is 2.52 bits per heavy atom. The number of nitrogens with zero attached hydrogens (tertiary/aromatic N) is 3. The number of esters is 1. The van der Waals surface area contributed by atoms with Crippen molar-refractivity contribution in [2.45, 2.75) is 12.6 Å². The van der Waals surface area contributed by atoms with Crippen LogP contribution in [0.25, 0.3) is 11.3 Å². The van der Waals surface area contributed by atoms with Crippen molar-refractivity contribution < 1.29 is 19.4 Å². The SMILES string of the molecule is COC(=O)c1ccc([C@H]2c3c(-c4ccccc4O)n[nH]c3C(=O)N2Cc2ccncc2)cc1. The molecule has 1 aliphatic rings. The zero-order valence-corrected chi connectivity index (χ0v) is 17.7. The number of rotatable bonds is 5. The topological polar surface area (TPSA) is 108 Å². The summed E-state index contributed by atoms with van der Waals surface area (Å²) in [7, 11) is 1.33. The number of phenols is 1. The van der Waals surface area contributed by atoms with Crippen molar-refractivity contribution in [2.24, 2.45) is 0 Å². The molecule has 0 radical (unpaired) electrons. The normalized spacial score (nSPS) is 14.9. The summed E-state index contributed by atoms with van der Waals surface area (Å²) < 4.78 is 4.80. The van der Waals surface area contributed by atoms with Crippen molar-refractivity contribution in [2.75, 3.05) is 7.11 Å². The summed E-state index contributed by atoms with van der Waals surface area (Å²) in [5.74, 6) is -0.554. The summed E-state index contributed by atoms with van der Waals surface area (Å²) in [6.07, 6.45) is 3.37. The standard InChI is InChI=1S/C25H20N4O4/c1-33-25(32)17-8-6-16(7-9-17)23-20-21(18-4-2-3-5-19(18)30)27-28-22(20)24(31)29(23)14-15-10-12-26-13-11-15/h2-13,23,30H,14H2,1H3,(H,27,28)/t23-/m0/s1. The quantitative estimate of drug-likeness (QED) is 0.458. The molecule has 1 atom stereocenters. The number of amides is 1. The predicted molar refractivity (Wildman–Crippen MR) is 119 cm³/mol. The van der Waals surface area contributed by atoms with E-state index in [1.54, 1.807) is 59.8 Å². The molecule has 0 bridgehead atoms. The third-order valence-corrected chi connectivity index (χ3v) is 5.77. The van der Waals surface area contributed by atoms with Crippen molar-refractivity contribution in [3.63, 3.8) is 0 Å². The maximum absolute atomic E-state index is 13.4. The van der Waals surface area contributed by atoms with E-state index in [2.05, 4.69) is 15.2 Å². The van der Waals surface area contributed by atoms with Gasteiger partial charge in [0.25, 0.3) is 5.91 Å². The van der Waals surface area contributed by atoms with Gasteiger partial charge in [0.05, 0.1) is 18.7 Å². The molecule has 0 fully saturated rings. The van der Waals surface area contributed by atoms with E-state index in [0.717, 1.165) is 11.1 Å². The van der Waals surface area contributed by atoms with E-state index in [1.807, 2.05) is 18.2 Å². The zero-order valence-electron chi connectivity index (χ0n) is 17.7. The zero-order chi connectivity index (χ0) is 22.9. The van der Waals surface area contributed by atoms with E-state index in [4.69, 9.17) is 4.74 Å². The molecule has 8 heteroatoms. The van der Waals surface area contributed by atoms with Gasteiger partial charge < -0.3 is 14.7 Å². The van der Waals surface area contributed by atoms with Crippen molar-refractivity contribution >= 4 is 11.9 Å². The molecule has 0 saturated heterocycles. The number of ether oxygens (including phenoxy) is 1. The van der Waals surface area contributed by atoms with E-state index >= 15 is 0 Å². The lowest BCUT2D eigenvalue weighted by atomic mass is 9.95. The molecule has 5 rings (SSSR count). The van der Waals surface area contributed by atoms with Gasteiger partial charge in [0.15, 0.2) is 0 Å². The number of hydrogen-bond donors (Lipinski definition) is 2. The average molecular weight is 440 g/mol. The van der Waals surface area contributed by atoms with Crippen LogP contribution in [0.2, 0.25) is 0 Å². The lowest BCUT2D eigenvalue weighted by Crippen LogP contribution is -2.29. The van der Waals surface area contributed by atoms with Gasteiger partial charge in [0, 0.05) is 30.1 Å². The van der Waals surface area contributed by atoms with Gasteiger partial charge >= 0.3 is 5.97 Å². The van der Waals surface area contributed by atoms with Gasteiger partial charge in [-0.25, -0.2) is 4.79 Å². The number of aromatic nitrogens is 3. The Morgan fingerprint density at radius 1 is 1.09 bits per heavy atom. The van der Waals surface area contributed by atoms with Crippen LogP contribution in [0.3, 0.4) is 0 Å². The summed E-state index contributed by atoms with van der Waals surface area (Å²) >= 11 is 0. The number of hydrogen-bond acceptors (Lipinski definition) is 6. The Kier molecular flexibility index (Phi) is 5.10. The number of phenolic OH excluding ortho intramolecular Hbond substituents is 1. The van der Waals surface area contributed by atoms with Gasteiger partial charge in [0.2, 0.25) is 0 Å². The first-order valence-corrected chi connectivity index (χ1v) is 10.3. The molecule has 33 heavy (non-hydrogen) atoms. The Bertz CT molecular complexity index is 1330. The number of nitrogens with one attached hydrogen (secondary N) is 1. The lowest BCUT2D eigenvalue weighted by Gasteiger charge is -2.26. The number of aromatic amines is 1. The van der Waals surface area contributed by atoms with Crippen LogP contribution in [-0.4, -0.2) is 44.2 Å². The molecule has 3 heterocycles. The molecule has 2 N–H and O–H groups in total. The fourth-order valence-electron chi connectivity index (χ4n) is 4.19. The van der Waals surface area contributed by atoms with Gasteiger partial charge in [-0.3, -0.25) is 14.9 Å². The van der Waals surface area contributed by atoms with E-state index in [9.17, 15) is 14.7 Å². The van der Waals surface area contributed by atoms with Crippen LogP contribution in [0.15, 0.2) is 73.1 Å². The molecular formula is C25H20N4O4. The van der Waals surface area contributed by atoms with Gasteiger partial charge in [-0.05, 0) is 47.5 Å². The van der Waals surface area contributed by atoms with E-state index in [1.165, 1.54) is 7.11 Å². The highest BCUT2D eigenvalue weighted by atomic mass is 16.5. The molecule has 4 aromatic rings. The first-order valence-electron chi connectivity index (χ1n) is 10.3. The number of pyridine rings is 1. The maximum Gasteiger partial charge on any atom is 0.337 e. The minimum atomic E-state index is -0.472. The molecule has 8 nitrogen and oxygen atoms in total. The number of methoxy groups -OCH3 is 1. The average Bonchev–Trinajstić information content (AvgIpc) is 3.39. The number of carbonyl (C=O) groups excluding carboxylic acids is 2. The molecule has 2 aromatic heterocycles. The van der Waals surface area contributed by atoms with Gasteiger partial charge in [-0.15, -0.1) is 0 Å². The van der Waals surface area contributed by atoms with Crippen molar-refractivity contribution in [3.05, 3.63) is 101 Å². The number of H-pyrrole nitrogens is 1. The number of para-hydroxylation sites is 1. The summed E-state index contributed by atoms with van der Waals surface area (Å²) in [6, 6.07) is 17.1. The van der Waals surface area contributed by atoms with Crippen molar-refractivity contribution in [3.8, 4) is 17.0 Å².